The molecule has 0 saturated heterocycles. The number of hydrogen-bond acceptors (Lipinski definition) is 3. The summed E-state index contributed by atoms with van der Waals surface area (Å²) in [6.07, 6.45) is 3.70. The van der Waals surface area contributed by atoms with Gasteiger partial charge >= 0.3 is 0 Å². The van der Waals surface area contributed by atoms with E-state index in [-0.39, 0.29) is 5.91 Å². The number of carbonyl (C=O) groups is 1. The molecule has 0 radical (unpaired) electrons. The second-order valence-electron chi connectivity index (χ2n) is 5.85. The van der Waals surface area contributed by atoms with Gasteiger partial charge in [0.15, 0.2) is 5.76 Å². The number of hydrogen-bond donors (Lipinski definition) is 1. The maximum absolute atomic E-state index is 12.2. The Hall–Kier alpha value is -3.34. The first-order valence-corrected chi connectivity index (χ1v) is 8.10. The predicted octanol–water partition coefficient (Wildman–Crippen LogP) is 3.61. The van der Waals surface area contributed by atoms with Crippen LogP contribution in [0.4, 0.5) is 0 Å². The lowest BCUT2D eigenvalue weighted by atomic mass is 10.1. The van der Waals surface area contributed by atoms with E-state index in [2.05, 4.69) is 10.4 Å². The maximum atomic E-state index is 12.2. The van der Waals surface area contributed by atoms with Crippen LogP contribution >= 0.6 is 0 Å². The van der Waals surface area contributed by atoms with Crippen LogP contribution < -0.4 is 5.32 Å². The van der Waals surface area contributed by atoms with E-state index >= 15 is 0 Å². The molecule has 2 aromatic carbocycles. The van der Waals surface area contributed by atoms with Crippen molar-refractivity contribution in [2.75, 3.05) is 0 Å². The Kier molecular flexibility index (Phi) is 4.04. The molecule has 4 aromatic rings. The fourth-order valence-corrected chi connectivity index (χ4v) is 2.71. The Morgan fingerprint density at radius 3 is 2.60 bits per heavy atom. The second kappa shape index (κ2) is 6.65. The van der Waals surface area contributed by atoms with Gasteiger partial charge in [-0.05, 0) is 29.3 Å². The van der Waals surface area contributed by atoms with Crippen LogP contribution in [0.3, 0.4) is 0 Å². The third-order valence-corrected chi connectivity index (χ3v) is 4.03. The van der Waals surface area contributed by atoms with Gasteiger partial charge in [0.25, 0.3) is 5.91 Å². The lowest BCUT2D eigenvalue weighted by Gasteiger charge is -2.06. The van der Waals surface area contributed by atoms with E-state index in [0.717, 1.165) is 28.6 Å². The van der Waals surface area contributed by atoms with E-state index in [0.29, 0.717) is 12.3 Å². The van der Waals surface area contributed by atoms with Gasteiger partial charge in [-0.25, -0.2) is 0 Å². The molecule has 4 rings (SSSR count). The summed E-state index contributed by atoms with van der Waals surface area (Å²) in [6.45, 7) is 1.19. The molecule has 25 heavy (non-hydrogen) atoms. The molecule has 0 saturated carbocycles. The van der Waals surface area contributed by atoms with Crippen LogP contribution in [-0.4, -0.2) is 15.7 Å². The van der Waals surface area contributed by atoms with Crippen molar-refractivity contribution in [3.05, 3.63) is 89.9 Å². The molecular weight excluding hydrogens is 314 g/mol. The minimum atomic E-state index is -0.211. The van der Waals surface area contributed by atoms with E-state index in [1.165, 1.54) is 0 Å². The van der Waals surface area contributed by atoms with Gasteiger partial charge in [-0.1, -0.05) is 42.5 Å². The molecule has 0 unspecified atom stereocenters. The summed E-state index contributed by atoms with van der Waals surface area (Å²) >= 11 is 0. The third-order valence-electron chi connectivity index (χ3n) is 4.03. The van der Waals surface area contributed by atoms with E-state index in [1.807, 2.05) is 65.5 Å². The van der Waals surface area contributed by atoms with Gasteiger partial charge in [0.2, 0.25) is 0 Å². The summed E-state index contributed by atoms with van der Waals surface area (Å²) in [5.74, 6) is 0.119. The van der Waals surface area contributed by atoms with Gasteiger partial charge in [-0.15, -0.1) is 0 Å². The van der Waals surface area contributed by atoms with Crippen molar-refractivity contribution in [3.63, 3.8) is 0 Å². The summed E-state index contributed by atoms with van der Waals surface area (Å²) in [4.78, 5) is 12.2. The molecule has 5 heteroatoms. The summed E-state index contributed by atoms with van der Waals surface area (Å²) < 4.78 is 7.45. The molecule has 0 spiro atoms. The zero-order valence-electron chi connectivity index (χ0n) is 13.6. The lowest BCUT2D eigenvalue weighted by molar-refractivity contribution is 0.0925. The van der Waals surface area contributed by atoms with Crippen molar-refractivity contribution in [2.45, 2.75) is 13.1 Å². The highest BCUT2D eigenvalue weighted by atomic mass is 16.3. The SMILES string of the molecule is O=C(NCc1ccc(Cn2cccn2)cc1)c1cc2ccccc2o1. The van der Waals surface area contributed by atoms with Gasteiger partial charge in [-0.3, -0.25) is 9.48 Å². The molecule has 0 aliphatic carbocycles. The Labute approximate surface area is 144 Å². The smallest absolute Gasteiger partial charge is 0.287 e. The molecule has 0 bridgehead atoms. The Bertz CT molecular complexity index is 952. The number of para-hydroxylation sites is 1. The molecule has 5 nitrogen and oxygen atoms in total. The number of carbonyl (C=O) groups excluding carboxylic acids is 1. The normalized spacial score (nSPS) is 10.9. The largest absolute Gasteiger partial charge is 0.451 e. The van der Waals surface area contributed by atoms with Crippen molar-refractivity contribution >= 4 is 16.9 Å². The molecule has 2 heterocycles. The summed E-state index contributed by atoms with van der Waals surface area (Å²) in [5.41, 5.74) is 2.92. The molecule has 2 aromatic heterocycles. The van der Waals surface area contributed by atoms with E-state index in [1.54, 1.807) is 12.3 Å². The van der Waals surface area contributed by atoms with Crippen molar-refractivity contribution < 1.29 is 9.21 Å². The van der Waals surface area contributed by atoms with Crippen LogP contribution in [0, 0.1) is 0 Å². The number of aromatic nitrogens is 2. The first-order chi connectivity index (χ1) is 12.3. The zero-order chi connectivity index (χ0) is 17.1. The van der Waals surface area contributed by atoms with Crippen LogP contribution in [-0.2, 0) is 13.1 Å². The molecule has 1 amide bonds. The fraction of sp³-hybridized carbons (Fsp3) is 0.100. The number of furan rings is 1. The highest BCUT2D eigenvalue weighted by Gasteiger charge is 2.11. The molecule has 124 valence electrons. The molecular formula is C20H17N3O2. The minimum Gasteiger partial charge on any atom is -0.451 e. The summed E-state index contributed by atoms with van der Waals surface area (Å²) in [6, 6.07) is 19.4. The number of rotatable bonds is 5. The number of benzene rings is 2. The van der Waals surface area contributed by atoms with Crippen LogP contribution in [0.25, 0.3) is 11.0 Å². The quantitative estimate of drug-likeness (QED) is 0.608. The monoisotopic (exact) mass is 331 g/mol. The molecule has 1 N–H and O–H groups in total. The number of nitrogens with zero attached hydrogens (tertiary/aromatic N) is 2. The Balaban J connectivity index is 1.38. The van der Waals surface area contributed by atoms with Gasteiger partial charge in [0, 0.05) is 24.3 Å². The molecule has 0 aliphatic heterocycles. The summed E-state index contributed by atoms with van der Waals surface area (Å²) in [7, 11) is 0. The van der Waals surface area contributed by atoms with Gasteiger partial charge in [-0.2, -0.15) is 5.10 Å². The van der Waals surface area contributed by atoms with Gasteiger partial charge < -0.3 is 9.73 Å². The van der Waals surface area contributed by atoms with Crippen molar-refractivity contribution in [3.8, 4) is 0 Å². The van der Waals surface area contributed by atoms with E-state index in [4.69, 9.17) is 4.42 Å². The van der Waals surface area contributed by atoms with Crippen molar-refractivity contribution in [2.24, 2.45) is 0 Å². The first kappa shape index (κ1) is 15.2. The van der Waals surface area contributed by atoms with Crippen LogP contribution in [0.15, 0.2) is 77.5 Å². The van der Waals surface area contributed by atoms with Gasteiger partial charge in [0.1, 0.15) is 5.58 Å². The van der Waals surface area contributed by atoms with Crippen LogP contribution in [0.2, 0.25) is 0 Å². The average molecular weight is 331 g/mol. The summed E-state index contributed by atoms with van der Waals surface area (Å²) in [5, 5.41) is 8.01. The topological polar surface area (TPSA) is 60.1 Å². The first-order valence-electron chi connectivity index (χ1n) is 8.10. The average Bonchev–Trinajstić information content (AvgIpc) is 3.30. The van der Waals surface area contributed by atoms with E-state index in [9.17, 15) is 4.79 Å². The molecule has 0 fully saturated rings. The number of nitrogens with one attached hydrogen (secondary N) is 1. The lowest BCUT2D eigenvalue weighted by Crippen LogP contribution is -2.22. The van der Waals surface area contributed by atoms with Crippen LogP contribution in [0.5, 0.6) is 0 Å². The Morgan fingerprint density at radius 2 is 1.84 bits per heavy atom. The maximum Gasteiger partial charge on any atom is 0.287 e. The minimum absolute atomic E-state index is 0.211. The second-order valence-corrected chi connectivity index (χ2v) is 5.85. The number of fused-ring (bicyclic) bond motifs is 1. The predicted molar refractivity (Wildman–Crippen MR) is 95.2 cm³/mol. The highest BCUT2D eigenvalue weighted by Crippen LogP contribution is 2.18. The Morgan fingerprint density at radius 1 is 1.04 bits per heavy atom. The number of amides is 1. The van der Waals surface area contributed by atoms with Gasteiger partial charge in [0.05, 0.1) is 6.54 Å². The zero-order valence-corrected chi connectivity index (χ0v) is 13.6. The third kappa shape index (κ3) is 3.45. The highest BCUT2D eigenvalue weighted by molar-refractivity contribution is 5.95. The molecule has 0 aliphatic rings. The van der Waals surface area contributed by atoms with Crippen molar-refractivity contribution in [1.29, 1.82) is 0 Å². The molecule has 0 atom stereocenters. The van der Waals surface area contributed by atoms with E-state index < -0.39 is 0 Å². The fourth-order valence-electron chi connectivity index (χ4n) is 2.71. The van der Waals surface area contributed by atoms with Crippen molar-refractivity contribution in [1.82, 2.24) is 15.1 Å². The standard InChI is InChI=1S/C20H17N3O2/c24-20(19-12-17-4-1-2-5-18(17)25-19)21-13-15-6-8-16(9-7-15)14-23-11-3-10-22-23/h1-12H,13-14H2,(H,21,24). The van der Waals surface area contributed by atoms with Crippen LogP contribution in [0.1, 0.15) is 21.7 Å².